The first-order valence-electron chi connectivity index (χ1n) is 5.96. The number of halogens is 1. The Morgan fingerprint density at radius 2 is 2.21 bits per heavy atom. The van der Waals surface area contributed by atoms with Gasteiger partial charge in [-0.15, -0.1) is 0 Å². The lowest BCUT2D eigenvalue weighted by Crippen LogP contribution is -2.26. The van der Waals surface area contributed by atoms with E-state index in [1.54, 1.807) is 22.8 Å². The van der Waals surface area contributed by atoms with E-state index in [4.69, 9.17) is 0 Å². The Morgan fingerprint density at radius 3 is 2.84 bits per heavy atom. The van der Waals surface area contributed by atoms with Crippen LogP contribution >= 0.6 is 15.9 Å². The fourth-order valence-corrected chi connectivity index (χ4v) is 2.32. The van der Waals surface area contributed by atoms with Crippen molar-refractivity contribution in [3.8, 4) is 0 Å². The van der Waals surface area contributed by atoms with Gasteiger partial charge in [0.05, 0.1) is 11.8 Å². The van der Waals surface area contributed by atoms with Gasteiger partial charge >= 0.3 is 0 Å². The third-order valence-electron chi connectivity index (χ3n) is 2.88. The van der Waals surface area contributed by atoms with E-state index in [2.05, 4.69) is 21.0 Å². The Balaban J connectivity index is 2.16. The Labute approximate surface area is 121 Å². The second kappa shape index (κ2) is 5.57. The Bertz CT molecular complexity index is 606. The van der Waals surface area contributed by atoms with Gasteiger partial charge in [0.2, 0.25) is 0 Å². The highest BCUT2D eigenvalue weighted by Gasteiger charge is 2.15. The summed E-state index contributed by atoms with van der Waals surface area (Å²) in [6, 6.07) is 5.77. The fourth-order valence-electron chi connectivity index (χ4n) is 1.91. The quantitative estimate of drug-likeness (QED) is 0.871. The molecule has 1 aromatic heterocycles. The smallest absolute Gasteiger partial charge is 0.255 e. The van der Waals surface area contributed by atoms with Crippen LogP contribution in [0.4, 0.5) is 0 Å². The minimum absolute atomic E-state index is 0.000530. The molecule has 0 N–H and O–H groups in total. The molecule has 5 heteroatoms. The molecule has 0 saturated heterocycles. The zero-order valence-corrected chi connectivity index (χ0v) is 12.8. The maximum Gasteiger partial charge on any atom is 0.255 e. The lowest BCUT2D eigenvalue weighted by atomic mass is 10.1. The number of benzene rings is 1. The molecule has 1 amide bonds. The van der Waals surface area contributed by atoms with E-state index in [1.807, 2.05) is 38.4 Å². The van der Waals surface area contributed by atoms with Crippen LogP contribution in [0.5, 0.6) is 0 Å². The molecule has 100 valence electrons. The number of carbonyl (C=O) groups excluding carboxylic acids is 1. The van der Waals surface area contributed by atoms with Crippen molar-refractivity contribution >= 4 is 21.8 Å². The van der Waals surface area contributed by atoms with Crippen LogP contribution in [0.15, 0.2) is 35.1 Å². The molecule has 0 aliphatic heterocycles. The number of rotatable bonds is 3. The molecule has 4 nitrogen and oxygen atoms in total. The van der Waals surface area contributed by atoms with Crippen LogP contribution in [0, 0.1) is 6.92 Å². The number of nitrogens with zero attached hydrogens (tertiary/aromatic N) is 3. The Hall–Kier alpha value is -1.62. The third-order valence-corrected chi connectivity index (χ3v) is 3.57. The van der Waals surface area contributed by atoms with Crippen molar-refractivity contribution in [1.29, 1.82) is 0 Å². The van der Waals surface area contributed by atoms with Crippen LogP contribution < -0.4 is 0 Å². The second-order valence-electron chi connectivity index (χ2n) is 4.67. The predicted octanol–water partition coefficient (Wildman–Crippen LogP) is 2.76. The molecule has 1 aromatic carbocycles. The minimum atomic E-state index is -0.000530. The predicted molar refractivity (Wildman–Crippen MR) is 77.9 cm³/mol. The van der Waals surface area contributed by atoms with Gasteiger partial charge in [0.15, 0.2) is 0 Å². The van der Waals surface area contributed by atoms with Gasteiger partial charge in [0.1, 0.15) is 0 Å². The van der Waals surface area contributed by atoms with Crippen molar-refractivity contribution in [2.75, 3.05) is 7.05 Å². The number of carbonyl (C=O) groups is 1. The van der Waals surface area contributed by atoms with E-state index in [-0.39, 0.29) is 5.91 Å². The van der Waals surface area contributed by atoms with Gasteiger partial charge in [-0.1, -0.05) is 11.6 Å². The number of aromatic nitrogens is 2. The maximum atomic E-state index is 12.4. The van der Waals surface area contributed by atoms with Gasteiger partial charge in [-0.2, -0.15) is 5.10 Å². The first-order valence-corrected chi connectivity index (χ1v) is 6.76. The van der Waals surface area contributed by atoms with Crippen LogP contribution in [-0.4, -0.2) is 27.6 Å². The molecule has 0 aliphatic rings. The topological polar surface area (TPSA) is 38.1 Å². The van der Waals surface area contributed by atoms with Crippen molar-refractivity contribution in [2.45, 2.75) is 13.5 Å². The minimum Gasteiger partial charge on any atom is -0.337 e. The van der Waals surface area contributed by atoms with Crippen LogP contribution in [0.2, 0.25) is 0 Å². The lowest BCUT2D eigenvalue weighted by molar-refractivity contribution is 0.0784. The monoisotopic (exact) mass is 321 g/mol. The molecular formula is C14H16BrN3O. The SMILES string of the molecule is Cc1ccc(Br)c(C(=O)N(C)Cc2cnn(C)c2)c1. The molecule has 0 bridgehead atoms. The third kappa shape index (κ3) is 3.23. The Morgan fingerprint density at radius 1 is 1.47 bits per heavy atom. The van der Waals surface area contributed by atoms with E-state index in [1.165, 1.54) is 0 Å². The molecule has 0 saturated carbocycles. The van der Waals surface area contributed by atoms with Crippen LogP contribution in [-0.2, 0) is 13.6 Å². The molecule has 0 fully saturated rings. The summed E-state index contributed by atoms with van der Waals surface area (Å²) in [6.45, 7) is 2.53. The van der Waals surface area contributed by atoms with Gasteiger partial charge in [-0.25, -0.2) is 0 Å². The van der Waals surface area contributed by atoms with Gasteiger partial charge < -0.3 is 4.90 Å². The summed E-state index contributed by atoms with van der Waals surface area (Å²) in [5.74, 6) is -0.000530. The summed E-state index contributed by atoms with van der Waals surface area (Å²) in [5, 5.41) is 4.10. The highest BCUT2D eigenvalue weighted by atomic mass is 79.9. The Kier molecular flexibility index (Phi) is 4.04. The fraction of sp³-hybridized carbons (Fsp3) is 0.286. The average Bonchev–Trinajstić information content (AvgIpc) is 2.77. The summed E-state index contributed by atoms with van der Waals surface area (Å²) >= 11 is 3.42. The zero-order valence-electron chi connectivity index (χ0n) is 11.2. The number of hydrogen-bond acceptors (Lipinski definition) is 2. The summed E-state index contributed by atoms with van der Waals surface area (Å²) < 4.78 is 2.55. The van der Waals surface area contributed by atoms with Crippen LogP contribution in [0.3, 0.4) is 0 Å². The average molecular weight is 322 g/mol. The lowest BCUT2D eigenvalue weighted by Gasteiger charge is -2.17. The highest BCUT2D eigenvalue weighted by Crippen LogP contribution is 2.20. The van der Waals surface area contributed by atoms with Gasteiger partial charge in [0, 0.05) is 36.9 Å². The number of aryl methyl sites for hydroxylation is 2. The summed E-state index contributed by atoms with van der Waals surface area (Å²) in [5.41, 5.74) is 2.77. The standard InChI is InChI=1S/C14H16BrN3O/c1-10-4-5-13(15)12(6-10)14(19)17(2)8-11-7-16-18(3)9-11/h4-7,9H,8H2,1-3H3. The first kappa shape index (κ1) is 13.8. The number of amides is 1. The van der Waals surface area contributed by atoms with Gasteiger partial charge in [0.25, 0.3) is 5.91 Å². The summed E-state index contributed by atoms with van der Waals surface area (Å²) in [7, 11) is 3.66. The molecule has 0 aliphatic carbocycles. The zero-order chi connectivity index (χ0) is 14.0. The van der Waals surface area contributed by atoms with Crippen molar-refractivity contribution in [3.63, 3.8) is 0 Å². The van der Waals surface area contributed by atoms with Crippen LogP contribution in [0.1, 0.15) is 21.5 Å². The largest absolute Gasteiger partial charge is 0.337 e. The molecule has 19 heavy (non-hydrogen) atoms. The summed E-state index contributed by atoms with van der Waals surface area (Å²) in [4.78, 5) is 14.1. The number of hydrogen-bond donors (Lipinski definition) is 0. The highest BCUT2D eigenvalue weighted by molar-refractivity contribution is 9.10. The molecule has 0 atom stereocenters. The van der Waals surface area contributed by atoms with Crippen LogP contribution in [0.25, 0.3) is 0 Å². The van der Waals surface area contributed by atoms with Crippen molar-refractivity contribution in [1.82, 2.24) is 14.7 Å². The van der Waals surface area contributed by atoms with Gasteiger partial charge in [-0.05, 0) is 35.0 Å². The maximum absolute atomic E-state index is 12.4. The van der Waals surface area contributed by atoms with Crippen molar-refractivity contribution < 1.29 is 4.79 Å². The normalized spacial score (nSPS) is 10.5. The van der Waals surface area contributed by atoms with E-state index in [0.29, 0.717) is 12.1 Å². The molecular weight excluding hydrogens is 306 g/mol. The molecule has 2 rings (SSSR count). The van der Waals surface area contributed by atoms with E-state index < -0.39 is 0 Å². The molecule has 0 radical (unpaired) electrons. The first-order chi connectivity index (χ1) is 8.97. The van der Waals surface area contributed by atoms with E-state index in [0.717, 1.165) is 15.6 Å². The summed E-state index contributed by atoms with van der Waals surface area (Å²) in [6.07, 6.45) is 3.68. The molecule has 0 unspecified atom stereocenters. The second-order valence-corrected chi connectivity index (χ2v) is 5.52. The van der Waals surface area contributed by atoms with E-state index in [9.17, 15) is 4.79 Å². The van der Waals surface area contributed by atoms with Gasteiger partial charge in [-0.3, -0.25) is 9.48 Å². The molecule has 2 aromatic rings. The van der Waals surface area contributed by atoms with Crippen molar-refractivity contribution in [2.24, 2.45) is 7.05 Å². The van der Waals surface area contributed by atoms with Crippen molar-refractivity contribution in [3.05, 3.63) is 51.8 Å². The molecule has 0 spiro atoms. The molecule has 1 heterocycles. The van der Waals surface area contributed by atoms with E-state index >= 15 is 0 Å².